The van der Waals surface area contributed by atoms with Gasteiger partial charge in [0.05, 0.1) is 41.0 Å². The summed E-state index contributed by atoms with van der Waals surface area (Å²) in [6.45, 7) is 2.10. The molecule has 3 fully saturated rings. The van der Waals surface area contributed by atoms with Gasteiger partial charge < -0.3 is 14.4 Å². The maximum atomic E-state index is 13.7. The Balaban J connectivity index is 1.20. The second-order valence-corrected chi connectivity index (χ2v) is 15.3. The van der Waals surface area contributed by atoms with Gasteiger partial charge in [-0.25, -0.2) is 16.8 Å². The molecule has 2 saturated heterocycles. The van der Waals surface area contributed by atoms with E-state index in [1.54, 1.807) is 30.5 Å². The fourth-order valence-corrected chi connectivity index (χ4v) is 8.78. The third-order valence-electron chi connectivity index (χ3n) is 8.20. The summed E-state index contributed by atoms with van der Waals surface area (Å²) in [5.41, 5.74) is 0.638. The van der Waals surface area contributed by atoms with E-state index >= 15 is 0 Å². The number of anilines is 1. The number of hydrogen-bond donors (Lipinski definition) is 0. The van der Waals surface area contributed by atoms with Crippen molar-refractivity contribution in [2.75, 3.05) is 57.4 Å². The number of ether oxygens (including phenoxy) is 2. The highest BCUT2D eigenvalue weighted by Crippen LogP contribution is 2.31. The van der Waals surface area contributed by atoms with Crippen LogP contribution in [0.25, 0.3) is 5.69 Å². The van der Waals surface area contributed by atoms with Crippen LogP contribution in [-0.2, 0) is 24.8 Å². The molecule has 3 heterocycles. The molecule has 12 nitrogen and oxygen atoms in total. The van der Waals surface area contributed by atoms with Gasteiger partial charge >= 0.3 is 5.56 Å². The first-order valence-corrected chi connectivity index (χ1v) is 17.9. The SMILES string of the molecule is O=c1c(OC2CCCC2)c(N2CCN(S(=O)(=O)c3ccc(S(=O)(=O)N4CCOCC4)cc3)CC2)cnn1-c1cccc(Cl)c1. The van der Waals surface area contributed by atoms with Gasteiger partial charge in [-0.15, -0.1) is 0 Å². The van der Waals surface area contributed by atoms with E-state index in [9.17, 15) is 21.6 Å². The Bertz CT molecular complexity index is 1760. The molecule has 3 aromatic rings. The first-order valence-electron chi connectivity index (χ1n) is 14.6. The molecule has 2 aliphatic heterocycles. The molecule has 2 aromatic carbocycles. The number of piperazine rings is 1. The fraction of sp³-hybridized carbons (Fsp3) is 0.448. The summed E-state index contributed by atoms with van der Waals surface area (Å²) in [6.07, 6.45) is 5.29. The normalized spacial score (nSPS) is 19.3. The summed E-state index contributed by atoms with van der Waals surface area (Å²) < 4.78 is 68.4. The van der Waals surface area contributed by atoms with Crippen LogP contribution in [0, 0.1) is 0 Å². The Morgan fingerprint density at radius 2 is 1.41 bits per heavy atom. The standard InChI is InChI=1S/C29H34ClN5O7S2/c30-22-4-3-5-23(20-22)35-29(36)28(42-24-6-1-2-7-24)27(21-31-35)32-12-14-33(15-13-32)43(37,38)25-8-10-26(11-9-25)44(39,40)34-16-18-41-19-17-34/h3-5,8-11,20-21,24H,1-2,6-7,12-19H2. The van der Waals surface area contributed by atoms with Crippen LogP contribution in [0.3, 0.4) is 0 Å². The van der Waals surface area contributed by atoms with Crippen molar-refractivity contribution in [2.24, 2.45) is 0 Å². The highest BCUT2D eigenvalue weighted by molar-refractivity contribution is 7.89. The van der Waals surface area contributed by atoms with Crippen LogP contribution in [0.1, 0.15) is 25.7 Å². The molecule has 1 aromatic heterocycles. The van der Waals surface area contributed by atoms with Gasteiger partial charge in [0.1, 0.15) is 5.69 Å². The Morgan fingerprint density at radius 3 is 2.00 bits per heavy atom. The van der Waals surface area contributed by atoms with Crippen LogP contribution in [-0.4, -0.2) is 93.8 Å². The molecule has 6 rings (SSSR count). The van der Waals surface area contributed by atoms with Crippen molar-refractivity contribution in [3.8, 4) is 11.4 Å². The molecule has 0 atom stereocenters. The van der Waals surface area contributed by atoms with Crippen LogP contribution in [0.4, 0.5) is 5.69 Å². The predicted molar refractivity (Wildman–Crippen MR) is 165 cm³/mol. The first kappa shape index (κ1) is 31.0. The Hall–Kier alpha value is -3.01. The number of nitrogens with zero attached hydrogens (tertiary/aromatic N) is 5. The molecule has 0 N–H and O–H groups in total. The largest absolute Gasteiger partial charge is 0.483 e. The van der Waals surface area contributed by atoms with Crippen molar-refractivity contribution in [2.45, 2.75) is 41.6 Å². The number of hydrogen-bond acceptors (Lipinski definition) is 9. The average molecular weight is 664 g/mol. The first-order chi connectivity index (χ1) is 21.1. The van der Waals surface area contributed by atoms with Gasteiger partial charge in [-0.3, -0.25) is 4.79 Å². The molecule has 1 saturated carbocycles. The number of halogens is 1. The number of benzene rings is 2. The third kappa shape index (κ3) is 6.24. The molecule has 0 spiro atoms. The van der Waals surface area contributed by atoms with Gasteiger partial charge in [0.25, 0.3) is 0 Å². The molecular formula is C29H34ClN5O7S2. The quantitative estimate of drug-likeness (QED) is 0.357. The summed E-state index contributed by atoms with van der Waals surface area (Å²) in [7, 11) is -7.63. The zero-order valence-corrected chi connectivity index (χ0v) is 26.4. The second kappa shape index (κ2) is 12.8. The molecule has 1 aliphatic carbocycles. The fourth-order valence-electron chi connectivity index (χ4n) is 5.77. The van der Waals surface area contributed by atoms with Gasteiger partial charge in [-0.05, 0) is 68.1 Å². The lowest BCUT2D eigenvalue weighted by atomic mass is 10.2. The van der Waals surface area contributed by atoms with Crippen LogP contribution in [0.15, 0.2) is 69.3 Å². The van der Waals surface area contributed by atoms with E-state index in [0.29, 0.717) is 42.7 Å². The Morgan fingerprint density at radius 1 is 0.818 bits per heavy atom. The number of rotatable bonds is 8. The molecule has 0 bridgehead atoms. The average Bonchev–Trinajstić information content (AvgIpc) is 3.56. The van der Waals surface area contributed by atoms with Crippen LogP contribution < -0.4 is 15.2 Å². The van der Waals surface area contributed by atoms with Gasteiger partial charge in [0.2, 0.25) is 25.8 Å². The second-order valence-electron chi connectivity index (χ2n) is 11.0. The molecule has 0 unspecified atom stereocenters. The van der Waals surface area contributed by atoms with Gasteiger partial charge in [0.15, 0.2) is 0 Å². The maximum Gasteiger partial charge on any atom is 0.316 e. The van der Waals surface area contributed by atoms with Crippen molar-refractivity contribution in [3.63, 3.8) is 0 Å². The van der Waals surface area contributed by atoms with Crippen molar-refractivity contribution >= 4 is 37.3 Å². The van der Waals surface area contributed by atoms with Crippen molar-refractivity contribution in [1.29, 1.82) is 0 Å². The van der Waals surface area contributed by atoms with Crippen LogP contribution in [0.5, 0.6) is 5.75 Å². The van der Waals surface area contributed by atoms with Gasteiger partial charge in [0, 0.05) is 44.3 Å². The third-order valence-corrected chi connectivity index (χ3v) is 12.3. The van der Waals surface area contributed by atoms with Crippen molar-refractivity contribution in [1.82, 2.24) is 18.4 Å². The molecule has 3 aliphatic rings. The minimum atomic E-state index is -3.89. The van der Waals surface area contributed by atoms with Crippen molar-refractivity contribution in [3.05, 3.63) is 70.1 Å². The zero-order valence-electron chi connectivity index (χ0n) is 24.0. The van der Waals surface area contributed by atoms with Crippen molar-refractivity contribution < 1.29 is 26.3 Å². The lowest BCUT2D eigenvalue weighted by Gasteiger charge is -2.36. The lowest BCUT2D eigenvalue weighted by Crippen LogP contribution is -2.49. The van der Waals surface area contributed by atoms with E-state index in [4.69, 9.17) is 21.1 Å². The van der Waals surface area contributed by atoms with Gasteiger partial charge in [-0.2, -0.15) is 18.4 Å². The number of sulfonamides is 2. The summed E-state index contributed by atoms with van der Waals surface area (Å²) >= 11 is 6.16. The molecule has 44 heavy (non-hydrogen) atoms. The minimum Gasteiger partial charge on any atom is -0.483 e. The molecule has 236 valence electrons. The minimum absolute atomic E-state index is 0.0166. The highest BCUT2D eigenvalue weighted by atomic mass is 35.5. The summed E-state index contributed by atoms with van der Waals surface area (Å²) in [5.74, 6) is 0.195. The van der Waals surface area contributed by atoms with E-state index in [1.165, 1.54) is 37.6 Å². The van der Waals surface area contributed by atoms with E-state index in [-0.39, 0.29) is 47.8 Å². The van der Waals surface area contributed by atoms with E-state index < -0.39 is 25.6 Å². The van der Waals surface area contributed by atoms with Gasteiger partial charge in [-0.1, -0.05) is 17.7 Å². The molecule has 0 amide bonds. The van der Waals surface area contributed by atoms with Crippen LogP contribution >= 0.6 is 11.6 Å². The maximum absolute atomic E-state index is 13.7. The Labute approximate surface area is 261 Å². The summed E-state index contributed by atoms with van der Waals surface area (Å²) in [6, 6.07) is 12.2. The van der Waals surface area contributed by atoms with E-state index in [1.807, 2.05) is 4.90 Å². The van der Waals surface area contributed by atoms with E-state index in [2.05, 4.69) is 5.10 Å². The molecule has 0 radical (unpaired) electrons. The number of aromatic nitrogens is 2. The number of morpholine rings is 1. The lowest BCUT2D eigenvalue weighted by molar-refractivity contribution is 0.0730. The Kier molecular flexibility index (Phi) is 9.00. The summed E-state index contributed by atoms with van der Waals surface area (Å²) in [4.78, 5) is 15.7. The zero-order chi connectivity index (χ0) is 30.9. The van der Waals surface area contributed by atoms with Crippen LogP contribution in [0.2, 0.25) is 5.02 Å². The molecular weight excluding hydrogens is 630 g/mol. The highest BCUT2D eigenvalue weighted by Gasteiger charge is 2.32. The topological polar surface area (TPSA) is 131 Å². The molecule has 15 heteroatoms. The predicted octanol–water partition coefficient (Wildman–Crippen LogP) is 2.74. The van der Waals surface area contributed by atoms with E-state index in [0.717, 1.165) is 25.7 Å². The smallest absolute Gasteiger partial charge is 0.316 e. The monoisotopic (exact) mass is 663 g/mol. The summed E-state index contributed by atoms with van der Waals surface area (Å²) in [5, 5.41) is 4.89.